The fourth-order valence-electron chi connectivity index (χ4n) is 2.12. The number of nitrogens with zero attached hydrogens (tertiary/aromatic N) is 3. The van der Waals surface area contributed by atoms with Gasteiger partial charge in [0.05, 0.1) is 17.4 Å². The van der Waals surface area contributed by atoms with E-state index in [-0.39, 0.29) is 17.3 Å². The van der Waals surface area contributed by atoms with Gasteiger partial charge < -0.3 is 15.2 Å². The molecule has 1 aromatic carbocycles. The minimum Gasteiger partial charge on any atom is -0.478 e. The highest BCUT2D eigenvalue weighted by atomic mass is 19.3. The molecule has 0 unspecified atom stereocenters. The molecule has 3 rings (SSSR count). The van der Waals surface area contributed by atoms with Crippen LogP contribution in [0.4, 0.5) is 20.4 Å². The molecule has 3 aromatic rings. The monoisotopic (exact) mass is 358 g/mol. The number of hydrogen-bond acceptors (Lipinski definition) is 6. The van der Waals surface area contributed by atoms with Crippen molar-refractivity contribution < 1.29 is 23.4 Å². The maximum absolute atomic E-state index is 12.2. The molecular weight excluding hydrogens is 346 g/mol. The molecule has 0 fully saturated rings. The van der Waals surface area contributed by atoms with Crippen LogP contribution in [-0.2, 0) is 0 Å². The van der Waals surface area contributed by atoms with E-state index in [1.54, 1.807) is 24.5 Å². The lowest BCUT2D eigenvalue weighted by Crippen LogP contribution is -2.02. The highest BCUT2D eigenvalue weighted by molar-refractivity contribution is 5.88. The van der Waals surface area contributed by atoms with Gasteiger partial charge in [0.2, 0.25) is 5.95 Å². The van der Waals surface area contributed by atoms with Crippen LogP contribution in [0, 0.1) is 0 Å². The molecule has 0 saturated carbocycles. The lowest BCUT2D eigenvalue weighted by atomic mass is 10.1. The number of carboxylic acids is 1. The zero-order chi connectivity index (χ0) is 18.5. The van der Waals surface area contributed by atoms with E-state index in [1.165, 1.54) is 30.6 Å². The van der Waals surface area contributed by atoms with E-state index in [0.717, 1.165) is 5.56 Å². The molecule has 2 heterocycles. The summed E-state index contributed by atoms with van der Waals surface area (Å²) in [5.74, 6) is -0.763. The molecule has 2 aromatic heterocycles. The van der Waals surface area contributed by atoms with E-state index in [1.807, 2.05) is 0 Å². The van der Waals surface area contributed by atoms with Crippen molar-refractivity contribution in [2.24, 2.45) is 0 Å². The van der Waals surface area contributed by atoms with Gasteiger partial charge in [-0.05, 0) is 23.8 Å². The number of alkyl halides is 2. The first-order valence-electron chi connectivity index (χ1n) is 7.34. The highest BCUT2D eigenvalue weighted by Crippen LogP contribution is 2.23. The zero-order valence-electron chi connectivity index (χ0n) is 13.1. The number of carboxylic acid groups (broad SMARTS) is 1. The number of pyridine rings is 1. The number of halogens is 2. The number of aromatic carboxylic acids is 1. The summed E-state index contributed by atoms with van der Waals surface area (Å²) >= 11 is 0. The summed E-state index contributed by atoms with van der Waals surface area (Å²) in [4.78, 5) is 23.1. The number of anilines is 2. The Morgan fingerprint density at radius 1 is 1.04 bits per heavy atom. The Morgan fingerprint density at radius 2 is 1.73 bits per heavy atom. The number of hydrogen-bond donors (Lipinski definition) is 2. The zero-order valence-corrected chi connectivity index (χ0v) is 13.1. The quantitative estimate of drug-likeness (QED) is 0.695. The predicted octanol–water partition coefficient (Wildman–Crippen LogP) is 3.58. The lowest BCUT2D eigenvalue weighted by Gasteiger charge is -2.07. The maximum atomic E-state index is 12.2. The van der Waals surface area contributed by atoms with Crippen LogP contribution in [0.2, 0.25) is 0 Å². The van der Waals surface area contributed by atoms with Gasteiger partial charge in [-0.15, -0.1) is 0 Å². The molecule has 0 amide bonds. The van der Waals surface area contributed by atoms with Crippen molar-refractivity contribution >= 4 is 17.6 Å². The highest BCUT2D eigenvalue weighted by Gasteiger charge is 2.07. The van der Waals surface area contributed by atoms with Gasteiger partial charge in [-0.2, -0.15) is 8.78 Å². The molecule has 0 aliphatic heterocycles. The Hall–Kier alpha value is -3.62. The summed E-state index contributed by atoms with van der Waals surface area (Å²) in [7, 11) is 0. The van der Waals surface area contributed by atoms with E-state index in [4.69, 9.17) is 5.11 Å². The number of rotatable bonds is 6. The number of carbonyl (C=O) groups is 1. The third-order valence-electron chi connectivity index (χ3n) is 3.31. The molecule has 26 heavy (non-hydrogen) atoms. The second kappa shape index (κ2) is 7.51. The fraction of sp³-hybridized carbons (Fsp3) is 0.0588. The van der Waals surface area contributed by atoms with Crippen molar-refractivity contribution in [3.05, 3.63) is 60.7 Å². The number of benzene rings is 1. The smallest absolute Gasteiger partial charge is 0.387 e. The van der Waals surface area contributed by atoms with Crippen LogP contribution < -0.4 is 10.1 Å². The second-order valence-electron chi connectivity index (χ2n) is 5.09. The minimum atomic E-state index is -2.87. The lowest BCUT2D eigenvalue weighted by molar-refractivity contribution is -0.0498. The summed E-state index contributed by atoms with van der Waals surface area (Å²) in [6, 6.07) is 7.50. The van der Waals surface area contributed by atoms with Crippen molar-refractivity contribution in [1.82, 2.24) is 15.0 Å². The van der Waals surface area contributed by atoms with E-state index >= 15 is 0 Å². The fourth-order valence-corrected chi connectivity index (χ4v) is 2.12. The molecule has 9 heteroatoms. The van der Waals surface area contributed by atoms with Gasteiger partial charge in [0.15, 0.2) is 0 Å². The molecule has 2 N–H and O–H groups in total. The topological polar surface area (TPSA) is 97.2 Å². The van der Waals surface area contributed by atoms with Gasteiger partial charge in [0, 0.05) is 24.2 Å². The van der Waals surface area contributed by atoms with Crippen molar-refractivity contribution in [1.29, 1.82) is 0 Å². The molecule has 0 aliphatic carbocycles. The van der Waals surface area contributed by atoms with Gasteiger partial charge in [0.1, 0.15) is 5.75 Å². The summed E-state index contributed by atoms with van der Waals surface area (Å²) in [5.41, 5.74) is 1.88. The third kappa shape index (κ3) is 4.26. The van der Waals surface area contributed by atoms with Crippen LogP contribution in [0.5, 0.6) is 5.75 Å². The Kier molecular flexibility index (Phi) is 4.97. The van der Waals surface area contributed by atoms with E-state index in [9.17, 15) is 13.6 Å². The normalized spacial score (nSPS) is 10.6. The van der Waals surface area contributed by atoms with Crippen LogP contribution in [0.3, 0.4) is 0 Å². The second-order valence-corrected chi connectivity index (χ2v) is 5.09. The SMILES string of the molecule is O=C(O)c1cncc(Nc2ncc(-c3ccc(OC(F)F)cc3)cn2)c1. The molecule has 0 bridgehead atoms. The van der Waals surface area contributed by atoms with Crippen LogP contribution in [0.1, 0.15) is 10.4 Å². The first-order valence-corrected chi connectivity index (χ1v) is 7.34. The summed E-state index contributed by atoms with van der Waals surface area (Å²) < 4.78 is 28.6. The molecule has 0 atom stereocenters. The Bertz CT molecular complexity index is 903. The average Bonchev–Trinajstić information content (AvgIpc) is 2.63. The Labute approximate surface area is 146 Å². The average molecular weight is 358 g/mol. The van der Waals surface area contributed by atoms with Gasteiger partial charge >= 0.3 is 12.6 Å². The molecule has 0 spiro atoms. The van der Waals surface area contributed by atoms with Crippen molar-refractivity contribution in [2.45, 2.75) is 6.61 Å². The van der Waals surface area contributed by atoms with Gasteiger partial charge in [-0.3, -0.25) is 4.98 Å². The van der Waals surface area contributed by atoms with Crippen molar-refractivity contribution in [3.8, 4) is 16.9 Å². The first-order chi connectivity index (χ1) is 12.5. The summed E-state index contributed by atoms with van der Waals surface area (Å²) in [6.45, 7) is -2.87. The first kappa shape index (κ1) is 17.2. The molecule has 7 nitrogen and oxygen atoms in total. The number of aromatic nitrogens is 3. The third-order valence-corrected chi connectivity index (χ3v) is 3.31. The molecule has 0 radical (unpaired) electrons. The number of nitrogens with one attached hydrogen (secondary N) is 1. The standard InChI is InChI=1S/C17H12F2N4O3/c18-16(19)26-14-3-1-10(2-4-14)12-7-21-17(22-8-12)23-13-5-11(15(24)25)6-20-9-13/h1-9,16H,(H,24,25)(H,21,22,23). The largest absolute Gasteiger partial charge is 0.478 e. The maximum Gasteiger partial charge on any atom is 0.387 e. The molecule has 0 aliphatic rings. The predicted molar refractivity (Wildman–Crippen MR) is 88.6 cm³/mol. The summed E-state index contributed by atoms with van der Waals surface area (Å²) in [5, 5.41) is 11.8. The van der Waals surface area contributed by atoms with E-state index in [2.05, 4.69) is 25.0 Å². The van der Waals surface area contributed by atoms with Gasteiger partial charge in [-0.25, -0.2) is 14.8 Å². The van der Waals surface area contributed by atoms with Gasteiger partial charge in [0.25, 0.3) is 0 Å². The molecular formula is C17H12F2N4O3. The number of ether oxygens (including phenoxy) is 1. The molecule has 0 saturated heterocycles. The molecule has 132 valence electrons. The Balaban J connectivity index is 1.72. The van der Waals surface area contributed by atoms with Crippen LogP contribution in [0.25, 0.3) is 11.1 Å². The van der Waals surface area contributed by atoms with Crippen molar-refractivity contribution in [2.75, 3.05) is 5.32 Å². The van der Waals surface area contributed by atoms with E-state index in [0.29, 0.717) is 11.3 Å². The van der Waals surface area contributed by atoms with Gasteiger partial charge in [-0.1, -0.05) is 12.1 Å². The summed E-state index contributed by atoms with van der Waals surface area (Å²) in [6.07, 6.45) is 5.78. The Morgan fingerprint density at radius 3 is 2.35 bits per heavy atom. The van der Waals surface area contributed by atoms with E-state index < -0.39 is 12.6 Å². The van der Waals surface area contributed by atoms with Crippen LogP contribution in [-0.4, -0.2) is 32.6 Å². The minimum absolute atomic E-state index is 0.0396. The van der Waals surface area contributed by atoms with Crippen molar-refractivity contribution in [3.63, 3.8) is 0 Å². The van der Waals surface area contributed by atoms with Crippen LogP contribution in [0.15, 0.2) is 55.1 Å². The van der Waals surface area contributed by atoms with Crippen LogP contribution >= 0.6 is 0 Å².